The Morgan fingerprint density at radius 3 is 2.52 bits per heavy atom. The lowest BCUT2D eigenvalue weighted by molar-refractivity contribution is -0.124. The van der Waals surface area contributed by atoms with E-state index >= 15 is 0 Å². The van der Waals surface area contributed by atoms with Crippen LogP contribution in [0.3, 0.4) is 0 Å². The van der Waals surface area contributed by atoms with Crippen LogP contribution in [-0.2, 0) is 21.2 Å². The van der Waals surface area contributed by atoms with Crippen molar-refractivity contribution in [3.05, 3.63) is 29.8 Å². The maximum atomic E-state index is 13.1. The number of nitrogens with one attached hydrogen (secondary N) is 1. The van der Waals surface area contributed by atoms with Gasteiger partial charge in [-0.05, 0) is 44.7 Å². The summed E-state index contributed by atoms with van der Waals surface area (Å²) in [7, 11) is -3.18. The average molecular weight is 365 g/mol. The van der Waals surface area contributed by atoms with E-state index in [9.17, 15) is 13.2 Å². The van der Waals surface area contributed by atoms with Crippen molar-refractivity contribution in [1.82, 2.24) is 9.62 Å². The van der Waals surface area contributed by atoms with Gasteiger partial charge in [-0.25, -0.2) is 13.1 Å². The second kappa shape index (κ2) is 7.05. The molecule has 1 fully saturated rings. The van der Waals surface area contributed by atoms with Crippen molar-refractivity contribution in [2.45, 2.75) is 51.2 Å². The maximum Gasteiger partial charge on any atom is 0.244 e. The minimum atomic E-state index is -3.18. The fourth-order valence-electron chi connectivity index (χ4n) is 3.97. The summed E-state index contributed by atoms with van der Waals surface area (Å²) in [5.41, 5.74) is 2.26. The molecule has 1 aromatic rings. The monoisotopic (exact) mass is 365 g/mol. The van der Waals surface area contributed by atoms with Gasteiger partial charge in [0.15, 0.2) is 0 Å². The fourth-order valence-corrected chi connectivity index (χ4v) is 4.81. The van der Waals surface area contributed by atoms with Gasteiger partial charge < -0.3 is 4.90 Å². The molecule has 0 aromatic heterocycles. The van der Waals surface area contributed by atoms with Gasteiger partial charge in [-0.3, -0.25) is 9.69 Å². The van der Waals surface area contributed by atoms with Crippen molar-refractivity contribution >= 4 is 21.6 Å². The molecule has 0 radical (unpaired) electrons. The average Bonchev–Trinajstić information content (AvgIpc) is 2.88. The molecule has 1 amide bonds. The van der Waals surface area contributed by atoms with Crippen molar-refractivity contribution in [1.29, 1.82) is 0 Å². The molecule has 6 nitrogen and oxygen atoms in total. The quantitative estimate of drug-likeness (QED) is 0.875. The molecule has 2 aliphatic rings. The van der Waals surface area contributed by atoms with Gasteiger partial charge in [0.05, 0.1) is 12.3 Å². The lowest BCUT2D eigenvalue weighted by Crippen LogP contribution is -2.53. The van der Waals surface area contributed by atoms with Gasteiger partial charge in [-0.2, -0.15) is 0 Å². The number of hydrogen-bond acceptors (Lipinski definition) is 4. The minimum Gasteiger partial charge on any atom is -0.308 e. The molecule has 25 heavy (non-hydrogen) atoms. The van der Waals surface area contributed by atoms with Crippen LogP contribution in [0.5, 0.6) is 0 Å². The predicted molar refractivity (Wildman–Crippen MR) is 99.1 cm³/mol. The van der Waals surface area contributed by atoms with Crippen molar-refractivity contribution in [2.75, 3.05) is 24.2 Å². The van der Waals surface area contributed by atoms with Crippen LogP contribution in [0.2, 0.25) is 0 Å². The number of piperidine rings is 1. The van der Waals surface area contributed by atoms with Crippen molar-refractivity contribution in [3.63, 3.8) is 0 Å². The number of para-hydroxylation sites is 1. The fraction of sp³-hybridized carbons (Fsp3) is 0.611. The van der Waals surface area contributed by atoms with Gasteiger partial charge in [-0.15, -0.1) is 0 Å². The summed E-state index contributed by atoms with van der Waals surface area (Å²) in [6.45, 7) is 5.50. The zero-order valence-electron chi connectivity index (χ0n) is 15.1. The van der Waals surface area contributed by atoms with E-state index in [4.69, 9.17) is 0 Å². The lowest BCUT2D eigenvalue weighted by Gasteiger charge is -2.37. The Bertz CT molecular complexity index is 742. The first-order chi connectivity index (χ1) is 11.8. The zero-order chi connectivity index (χ0) is 18.2. The number of carbonyl (C=O) groups is 1. The number of benzene rings is 1. The molecule has 0 unspecified atom stereocenters. The molecule has 2 aliphatic heterocycles. The Morgan fingerprint density at radius 1 is 1.24 bits per heavy atom. The summed E-state index contributed by atoms with van der Waals surface area (Å²) < 4.78 is 25.4. The maximum absolute atomic E-state index is 13.1. The SMILES string of the molecule is C[C@H](C(=O)N1c2ccccc2C[C@H]1C)N1CCC(NS(C)(=O)=O)CC1. The van der Waals surface area contributed by atoms with E-state index in [-0.39, 0.29) is 24.0 Å². The summed E-state index contributed by atoms with van der Waals surface area (Å²) in [6.07, 6.45) is 3.56. The third-order valence-corrected chi connectivity index (χ3v) is 6.02. The first-order valence-corrected chi connectivity index (χ1v) is 10.8. The molecule has 7 heteroatoms. The third-order valence-electron chi connectivity index (χ3n) is 5.26. The summed E-state index contributed by atoms with van der Waals surface area (Å²) in [6, 6.07) is 8.05. The van der Waals surface area contributed by atoms with Gasteiger partial charge in [0.25, 0.3) is 0 Å². The van der Waals surface area contributed by atoms with Crippen LogP contribution in [0.15, 0.2) is 24.3 Å². The summed E-state index contributed by atoms with van der Waals surface area (Å²) in [5, 5.41) is 0. The normalized spacial score (nSPS) is 23.5. The van der Waals surface area contributed by atoms with E-state index in [0.29, 0.717) is 0 Å². The second-order valence-corrected chi connectivity index (χ2v) is 9.05. The number of carbonyl (C=O) groups excluding carboxylic acids is 1. The number of amides is 1. The van der Waals surface area contributed by atoms with E-state index < -0.39 is 10.0 Å². The zero-order valence-corrected chi connectivity index (χ0v) is 15.9. The molecule has 3 rings (SSSR count). The van der Waals surface area contributed by atoms with E-state index in [1.54, 1.807) is 0 Å². The highest BCUT2D eigenvalue weighted by molar-refractivity contribution is 7.88. The molecule has 1 saturated heterocycles. The summed E-state index contributed by atoms with van der Waals surface area (Å²) in [4.78, 5) is 17.2. The van der Waals surface area contributed by atoms with E-state index in [1.165, 1.54) is 11.8 Å². The van der Waals surface area contributed by atoms with E-state index in [2.05, 4.69) is 22.6 Å². The first kappa shape index (κ1) is 18.4. The topological polar surface area (TPSA) is 69.7 Å². The predicted octanol–water partition coefficient (Wildman–Crippen LogP) is 1.37. The first-order valence-electron chi connectivity index (χ1n) is 8.88. The van der Waals surface area contributed by atoms with Crippen LogP contribution in [0.1, 0.15) is 32.3 Å². The molecule has 1 N–H and O–H groups in total. The van der Waals surface area contributed by atoms with Gasteiger partial charge in [-0.1, -0.05) is 18.2 Å². The Morgan fingerprint density at radius 2 is 1.88 bits per heavy atom. The van der Waals surface area contributed by atoms with Crippen molar-refractivity contribution in [2.24, 2.45) is 0 Å². The molecule has 0 aliphatic carbocycles. The molecule has 138 valence electrons. The molecular weight excluding hydrogens is 338 g/mol. The molecule has 0 spiro atoms. The molecular formula is C18H27N3O3S. The second-order valence-electron chi connectivity index (χ2n) is 7.27. The van der Waals surface area contributed by atoms with Gasteiger partial charge in [0, 0.05) is 30.9 Å². The number of nitrogens with zero attached hydrogens (tertiary/aromatic N) is 2. The largest absolute Gasteiger partial charge is 0.308 e. The molecule has 1 aromatic carbocycles. The Balaban J connectivity index is 1.64. The van der Waals surface area contributed by atoms with Crippen LogP contribution < -0.4 is 9.62 Å². The Kier molecular flexibility index (Phi) is 5.18. The number of fused-ring (bicyclic) bond motifs is 1. The summed E-state index contributed by atoms with van der Waals surface area (Å²) >= 11 is 0. The molecule has 0 saturated carbocycles. The number of rotatable bonds is 4. The van der Waals surface area contributed by atoms with Crippen molar-refractivity contribution in [3.8, 4) is 0 Å². The van der Waals surface area contributed by atoms with E-state index in [1.807, 2.05) is 30.0 Å². The minimum absolute atomic E-state index is 0.0278. The highest BCUT2D eigenvalue weighted by Crippen LogP contribution is 2.33. The smallest absolute Gasteiger partial charge is 0.244 e. The lowest BCUT2D eigenvalue weighted by atomic mass is 10.0. The number of hydrogen-bond donors (Lipinski definition) is 1. The van der Waals surface area contributed by atoms with Crippen LogP contribution in [0.25, 0.3) is 0 Å². The Labute approximate surface area is 150 Å². The highest BCUT2D eigenvalue weighted by Gasteiger charge is 2.36. The van der Waals surface area contributed by atoms with Crippen LogP contribution in [0, 0.1) is 0 Å². The number of likely N-dealkylation sites (tertiary alicyclic amines) is 1. The Hall–Kier alpha value is -1.44. The summed E-state index contributed by atoms with van der Waals surface area (Å²) in [5.74, 6) is 0.131. The van der Waals surface area contributed by atoms with Crippen LogP contribution in [0.4, 0.5) is 5.69 Å². The van der Waals surface area contributed by atoms with Gasteiger partial charge >= 0.3 is 0 Å². The van der Waals surface area contributed by atoms with Crippen LogP contribution >= 0.6 is 0 Å². The molecule has 0 bridgehead atoms. The number of sulfonamides is 1. The van der Waals surface area contributed by atoms with Gasteiger partial charge in [0.2, 0.25) is 15.9 Å². The van der Waals surface area contributed by atoms with Crippen molar-refractivity contribution < 1.29 is 13.2 Å². The standard InChI is InChI=1S/C18H27N3O3S/c1-13-12-15-6-4-5-7-17(15)21(13)18(22)14(2)20-10-8-16(9-11-20)19-25(3,23)24/h4-7,13-14,16,19H,8-12H2,1-3H3/t13-,14-/m1/s1. The third kappa shape index (κ3) is 4.04. The molecule has 2 atom stereocenters. The highest BCUT2D eigenvalue weighted by atomic mass is 32.2. The number of anilines is 1. The van der Waals surface area contributed by atoms with E-state index in [0.717, 1.165) is 38.0 Å². The van der Waals surface area contributed by atoms with Crippen LogP contribution in [-0.4, -0.2) is 56.7 Å². The van der Waals surface area contributed by atoms with Gasteiger partial charge in [0.1, 0.15) is 0 Å². The molecule has 2 heterocycles.